The van der Waals surface area contributed by atoms with Gasteiger partial charge in [-0.25, -0.2) is 0 Å². The standard InChI is InChI=1S/C21H33N5O2/c1-18(27)26-13-11-25(12-14-26)17-19-5-6-20(23-15-19)21(28)16-22-7-10-24-8-3-2-4-9-24/h5-6,15,22H,2-4,7-14,16-17H2,1H3. The van der Waals surface area contributed by atoms with Crippen molar-refractivity contribution in [3.05, 3.63) is 29.6 Å². The molecule has 2 fully saturated rings. The molecule has 3 rings (SSSR count). The number of hydrogen-bond acceptors (Lipinski definition) is 6. The van der Waals surface area contributed by atoms with E-state index in [2.05, 4.69) is 20.1 Å². The van der Waals surface area contributed by atoms with E-state index in [1.54, 1.807) is 13.1 Å². The van der Waals surface area contributed by atoms with Crippen LogP contribution in [0.2, 0.25) is 0 Å². The van der Waals surface area contributed by atoms with E-state index in [4.69, 9.17) is 0 Å². The van der Waals surface area contributed by atoms with Crippen molar-refractivity contribution in [2.45, 2.75) is 32.7 Å². The van der Waals surface area contributed by atoms with E-state index < -0.39 is 0 Å². The number of nitrogens with one attached hydrogen (secondary N) is 1. The van der Waals surface area contributed by atoms with E-state index in [0.29, 0.717) is 12.2 Å². The molecule has 1 aromatic heterocycles. The lowest BCUT2D eigenvalue weighted by Gasteiger charge is -2.34. The zero-order valence-electron chi connectivity index (χ0n) is 17.0. The molecule has 2 saturated heterocycles. The highest BCUT2D eigenvalue weighted by molar-refractivity contribution is 5.95. The number of piperazine rings is 1. The van der Waals surface area contributed by atoms with Crippen LogP contribution in [0.15, 0.2) is 18.3 Å². The Morgan fingerprint density at radius 1 is 1.00 bits per heavy atom. The predicted molar refractivity (Wildman–Crippen MR) is 109 cm³/mol. The number of ketones is 1. The van der Waals surface area contributed by atoms with Gasteiger partial charge in [0, 0.05) is 58.9 Å². The molecule has 28 heavy (non-hydrogen) atoms. The molecule has 0 aliphatic carbocycles. The monoisotopic (exact) mass is 387 g/mol. The maximum atomic E-state index is 12.3. The van der Waals surface area contributed by atoms with Gasteiger partial charge in [-0.05, 0) is 37.6 Å². The highest BCUT2D eigenvalue weighted by Gasteiger charge is 2.18. The zero-order chi connectivity index (χ0) is 19.8. The summed E-state index contributed by atoms with van der Waals surface area (Å²) in [5, 5.41) is 3.25. The molecule has 0 radical (unpaired) electrons. The maximum absolute atomic E-state index is 12.3. The summed E-state index contributed by atoms with van der Waals surface area (Å²) in [7, 11) is 0. The van der Waals surface area contributed by atoms with E-state index in [1.165, 1.54) is 32.4 Å². The molecular formula is C21H33N5O2. The van der Waals surface area contributed by atoms with E-state index in [0.717, 1.165) is 51.4 Å². The summed E-state index contributed by atoms with van der Waals surface area (Å²) < 4.78 is 0. The number of nitrogens with zero attached hydrogens (tertiary/aromatic N) is 4. The van der Waals surface area contributed by atoms with Gasteiger partial charge in [0.1, 0.15) is 5.69 Å². The Kier molecular flexibility index (Phi) is 7.94. The van der Waals surface area contributed by atoms with Gasteiger partial charge >= 0.3 is 0 Å². The third kappa shape index (κ3) is 6.36. The van der Waals surface area contributed by atoms with Crippen LogP contribution in [0.4, 0.5) is 0 Å². The van der Waals surface area contributed by atoms with Crippen molar-refractivity contribution in [3.63, 3.8) is 0 Å². The Hall–Kier alpha value is -1.83. The second kappa shape index (κ2) is 10.6. The van der Waals surface area contributed by atoms with Gasteiger partial charge in [-0.2, -0.15) is 0 Å². The Morgan fingerprint density at radius 2 is 1.75 bits per heavy atom. The van der Waals surface area contributed by atoms with Crippen molar-refractivity contribution in [1.82, 2.24) is 25.0 Å². The highest BCUT2D eigenvalue weighted by atomic mass is 16.2. The van der Waals surface area contributed by atoms with Gasteiger partial charge in [-0.3, -0.25) is 19.5 Å². The zero-order valence-corrected chi connectivity index (χ0v) is 17.0. The average Bonchev–Trinajstić information content (AvgIpc) is 2.73. The van der Waals surface area contributed by atoms with Crippen LogP contribution < -0.4 is 5.32 Å². The number of pyridine rings is 1. The van der Waals surface area contributed by atoms with Crippen LogP contribution in [0.3, 0.4) is 0 Å². The molecule has 0 unspecified atom stereocenters. The van der Waals surface area contributed by atoms with E-state index in [-0.39, 0.29) is 11.7 Å². The largest absolute Gasteiger partial charge is 0.340 e. The quantitative estimate of drug-likeness (QED) is 0.530. The molecule has 1 amide bonds. The number of Topliss-reactive ketones (excluding diaryl/α,β-unsaturated/α-hetero) is 1. The third-order valence-electron chi connectivity index (χ3n) is 5.67. The maximum Gasteiger partial charge on any atom is 0.219 e. The Labute approximate surface area is 168 Å². The van der Waals surface area contributed by atoms with Gasteiger partial charge in [0.25, 0.3) is 0 Å². The van der Waals surface area contributed by atoms with Gasteiger partial charge in [0.05, 0.1) is 6.54 Å². The van der Waals surface area contributed by atoms with Crippen molar-refractivity contribution in [3.8, 4) is 0 Å². The summed E-state index contributed by atoms with van der Waals surface area (Å²) in [6.07, 6.45) is 5.74. The van der Waals surface area contributed by atoms with Gasteiger partial charge in [-0.15, -0.1) is 0 Å². The second-order valence-corrected chi connectivity index (χ2v) is 7.84. The number of aromatic nitrogens is 1. The predicted octanol–water partition coefficient (Wildman–Crippen LogP) is 1.00. The van der Waals surface area contributed by atoms with Crippen LogP contribution >= 0.6 is 0 Å². The van der Waals surface area contributed by atoms with Crippen LogP contribution in [0.5, 0.6) is 0 Å². The van der Waals surface area contributed by atoms with Crippen molar-refractivity contribution in [1.29, 1.82) is 0 Å². The molecule has 0 spiro atoms. The van der Waals surface area contributed by atoms with Crippen molar-refractivity contribution in [2.24, 2.45) is 0 Å². The van der Waals surface area contributed by atoms with Gasteiger partial charge in [0.15, 0.2) is 5.78 Å². The number of amides is 1. The molecule has 0 aromatic carbocycles. The minimum atomic E-state index is 0.0419. The summed E-state index contributed by atoms with van der Waals surface area (Å²) >= 11 is 0. The first-order valence-electron chi connectivity index (χ1n) is 10.5. The first kappa shape index (κ1) is 20.9. The number of piperidine rings is 1. The van der Waals surface area contributed by atoms with Crippen molar-refractivity contribution in [2.75, 3.05) is 58.9 Å². The minimum Gasteiger partial charge on any atom is -0.340 e. The lowest BCUT2D eigenvalue weighted by Crippen LogP contribution is -2.47. The average molecular weight is 388 g/mol. The molecule has 2 aliphatic heterocycles. The Bertz CT molecular complexity index is 635. The van der Waals surface area contributed by atoms with E-state index >= 15 is 0 Å². The van der Waals surface area contributed by atoms with Crippen LogP contribution in [-0.2, 0) is 11.3 Å². The molecular weight excluding hydrogens is 354 g/mol. The summed E-state index contributed by atoms with van der Waals surface area (Å²) in [5.74, 6) is 0.189. The Balaban J connectivity index is 1.36. The molecule has 3 heterocycles. The first-order valence-corrected chi connectivity index (χ1v) is 10.5. The number of carbonyl (C=O) groups is 2. The minimum absolute atomic E-state index is 0.0419. The van der Waals surface area contributed by atoms with Crippen LogP contribution in [0, 0.1) is 0 Å². The molecule has 0 bridgehead atoms. The van der Waals surface area contributed by atoms with Gasteiger partial charge in [0.2, 0.25) is 5.91 Å². The molecule has 2 aliphatic rings. The summed E-state index contributed by atoms with van der Waals surface area (Å²) in [4.78, 5) is 34.7. The van der Waals surface area contributed by atoms with Crippen LogP contribution in [-0.4, -0.2) is 90.3 Å². The SMILES string of the molecule is CC(=O)N1CCN(Cc2ccc(C(=O)CNCCN3CCCCC3)nc2)CC1. The molecule has 0 atom stereocenters. The fourth-order valence-corrected chi connectivity index (χ4v) is 3.87. The molecule has 154 valence electrons. The van der Waals surface area contributed by atoms with Crippen LogP contribution in [0.1, 0.15) is 42.2 Å². The van der Waals surface area contributed by atoms with Crippen LogP contribution in [0.25, 0.3) is 0 Å². The molecule has 1 aromatic rings. The summed E-state index contributed by atoms with van der Waals surface area (Å²) in [6, 6.07) is 3.82. The molecule has 7 nitrogen and oxygen atoms in total. The molecule has 1 N–H and O–H groups in total. The normalized spacial score (nSPS) is 19.0. The lowest BCUT2D eigenvalue weighted by atomic mass is 10.1. The smallest absolute Gasteiger partial charge is 0.219 e. The number of carbonyl (C=O) groups excluding carboxylic acids is 2. The highest BCUT2D eigenvalue weighted by Crippen LogP contribution is 2.09. The van der Waals surface area contributed by atoms with Gasteiger partial charge in [-0.1, -0.05) is 12.5 Å². The van der Waals surface area contributed by atoms with Crippen molar-refractivity contribution >= 4 is 11.7 Å². The topological polar surface area (TPSA) is 68.8 Å². The lowest BCUT2D eigenvalue weighted by molar-refractivity contribution is -0.130. The fraction of sp³-hybridized carbons (Fsp3) is 0.667. The number of rotatable bonds is 8. The third-order valence-corrected chi connectivity index (χ3v) is 5.67. The number of hydrogen-bond donors (Lipinski definition) is 1. The summed E-state index contributed by atoms with van der Waals surface area (Å²) in [6.45, 7) is 10.3. The van der Waals surface area contributed by atoms with E-state index in [9.17, 15) is 9.59 Å². The second-order valence-electron chi connectivity index (χ2n) is 7.84. The fourth-order valence-electron chi connectivity index (χ4n) is 3.87. The first-order chi connectivity index (χ1) is 13.6. The molecule has 7 heteroatoms. The van der Waals surface area contributed by atoms with Gasteiger partial charge < -0.3 is 15.1 Å². The summed E-state index contributed by atoms with van der Waals surface area (Å²) in [5.41, 5.74) is 1.63. The van der Waals surface area contributed by atoms with E-state index in [1.807, 2.05) is 17.0 Å². The molecule has 0 saturated carbocycles. The Morgan fingerprint density at radius 3 is 2.39 bits per heavy atom. The number of likely N-dealkylation sites (tertiary alicyclic amines) is 1. The van der Waals surface area contributed by atoms with Crippen molar-refractivity contribution < 1.29 is 9.59 Å².